The topological polar surface area (TPSA) is 41.7 Å². The summed E-state index contributed by atoms with van der Waals surface area (Å²) in [4.78, 5) is 1.97. The van der Waals surface area contributed by atoms with Crippen molar-refractivity contribution in [1.82, 2.24) is 8.75 Å². The summed E-state index contributed by atoms with van der Waals surface area (Å²) in [6.45, 7) is 3.20. The molecule has 0 unspecified atom stereocenters. The SMILES string of the molecule is CCCCCCNc1nsnc1-c1ccc[n+](C)c1.CI.[I-]. The molecule has 0 saturated heterocycles. The molecule has 7 heteroatoms. The van der Waals surface area contributed by atoms with Crippen LogP contribution >= 0.6 is 34.3 Å². The molecule has 2 aromatic heterocycles. The summed E-state index contributed by atoms with van der Waals surface area (Å²) in [5.74, 6) is 0.910. The minimum atomic E-state index is 0. The van der Waals surface area contributed by atoms with Crippen LogP contribution in [0.25, 0.3) is 11.3 Å². The number of nitrogens with zero attached hydrogens (tertiary/aromatic N) is 3. The lowest BCUT2D eigenvalue weighted by molar-refractivity contribution is -0.671. The van der Waals surface area contributed by atoms with E-state index in [1.54, 1.807) is 0 Å². The van der Waals surface area contributed by atoms with Crippen LogP contribution < -0.4 is 33.9 Å². The number of nitrogens with one attached hydrogen (secondary N) is 1. The highest BCUT2D eigenvalue weighted by Gasteiger charge is 2.12. The minimum Gasteiger partial charge on any atom is -1.00 e. The van der Waals surface area contributed by atoms with E-state index in [1.807, 2.05) is 28.8 Å². The van der Waals surface area contributed by atoms with Crippen LogP contribution in [0.3, 0.4) is 0 Å². The maximum atomic E-state index is 4.40. The van der Waals surface area contributed by atoms with Crippen LogP contribution in [0.1, 0.15) is 32.6 Å². The lowest BCUT2D eigenvalue weighted by Gasteiger charge is -2.04. The van der Waals surface area contributed by atoms with E-state index in [2.05, 4.69) is 55.8 Å². The van der Waals surface area contributed by atoms with Gasteiger partial charge in [-0.25, -0.2) is 4.57 Å². The number of anilines is 1. The second kappa shape index (κ2) is 13.4. The molecule has 2 rings (SSSR count). The molecule has 0 aliphatic rings. The van der Waals surface area contributed by atoms with Crippen molar-refractivity contribution in [2.24, 2.45) is 7.05 Å². The Morgan fingerprint density at radius 2 is 2.00 bits per heavy atom. The molecule has 0 amide bonds. The molecule has 0 radical (unpaired) electrons. The Hall–Kier alpha value is -0.0300. The first-order valence-electron chi connectivity index (χ1n) is 7.21. The Morgan fingerprint density at radius 1 is 1.23 bits per heavy atom. The van der Waals surface area contributed by atoms with Crippen LogP contribution in [-0.4, -0.2) is 20.2 Å². The van der Waals surface area contributed by atoms with Gasteiger partial charge in [0.05, 0.1) is 17.3 Å². The standard InChI is InChI=1S/C14H21N4S.CH3I.HI/c1-3-4-5-6-9-15-14-13(16-19-17-14)12-8-7-10-18(2)11-12;1-2;/h7-8,10-11H,3-6,9H2,1-2H3,(H,15,17);1H3;1H/q+1;;/p-1. The zero-order chi connectivity index (χ0) is 15.5. The average molecular weight is 546 g/mol. The first-order chi connectivity index (χ1) is 10.3. The molecule has 22 heavy (non-hydrogen) atoms. The number of aromatic nitrogens is 3. The molecule has 0 aromatic carbocycles. The van der Waals surface area contributed by atoms with Crippen molar-refractivity contribution in [3.8, 4) is 11.3 Å². The molecule has 0 aliphatic carbocycles. The highest BCUT2D eigenvalue weighted by molar-refractivity contribution is 14.1. The molecule has 0 saturated carbocycles. The third-order valence-electron chi connectivity index (χ3n) is 3.02. The number of aryl methyl sites for hydroxylation is 1. The molecule has 2 aromatic rings. The van der Waals surface area contributed by atoms with Crippen LogP contribution in [-0.2, 0) is 7.05 Å². The molecule has 1 N–H and O–H groups in total. The zero-order valence-electron chi connectivity index (χ0n) is 13.4. The van der Waals surface area contributed by atoms with Gasteiger partial charge in [0, 0.05) is 12.6 Å². The maximum absolute atomic E-state index is 4.40. The Kier molecular flexibility index (Phi) is 13.4. The highest BCUT2D eigenvalue weighted by atomic mass is 127. The number of alkyl halides is 1. The summed E-state index contributed by atoms with van der Waals surface area (Å²) in [5, 5.41) is 3.40. The molecule has 4 nitrogen and oxygen atoms in total. The first kappa shape index (κ1) is 22.0. The molecular weight excluding hydrogens is 522 g/mol. The summed E-state index contributed by atoms with van der Waals surface area (Å²) < 4.78 is 10.8. The molecule has 0 spiro atoms. The second-order valence-corrected chi connectivity index (χ2v) is 5.24. The normalized spacial score (nSPS) is 9.45. The number of pyridine rings is 1. The summed E-state index contributed by atoms with van der Waals surface area (Å²) in [7, 11) is 2.02. The largest absolute Gasteiger partial charge is 1.00 e. The van der Waals surface area contributed by atoms with Crippen molar-refractivity contribution >= 4 is 40.1 Å². The third kappa shape index (κ3) is 7.49. The van der Waals surface area contributed by atoms with E-state index in [4.69, 9.17) is 0 Å². The fourth-order valence-corrected chi connectivity index (χ4v) is 2.53. The Morgan fingerprint density at radius 3 is 2.68 bits per heavy atom. The molecule has 2 heterocycles. The van der Waals surface area contributed by atoms with Gasteiger partial charge in [0.15, 0.2) is 18.2 Å². The lowest BCUT2D eigenvalue weighted by atomic mass is 10.2. The van der Waals surface area contributed by atoms with Crippen molar-refractivity contribution in [3.63, 3.8) is 0 Å². The van der Waals surface area contributed by atoms with Gasteiger partial charge in [0.1, 0.15) is 12.7 Å². The minimum absolute atomic E-state index is 0. The van der Waals surface area contributed by atoms with Crippen molar-refractivity contribution < 1.29 is 28.5 Å². The predicted octanol–water partition coefficient (Wildman–Crippen LogP) is 1.08. The number of unbranched alkanes of at least 4 members (excludes halogenated alkanes) is 3. The number of hydrogen-bond acceptors (Lipinski definition) is 4. The zero-order valence-corrected chi connectivity index (χ0v) is 18.5. The van der Waals surface area contributed by atoms with Crippen LogP contribution in [0.15, 0.2) is 24.5 Å². The van der Waals surface area contributed by atoms with Gasteiger partial charge >= 0.3 is 0 Å². The number of rotatable bonds is 7. The van der Waals surface area contributed by atoms with Gasteiger partial charge in [-0.2, -0.15) is 8.75 Å². The van der Waals surface area contributed by atoms with E-state index in [9.17, 15) is 0 Å². The summed E-state index contributed by atoms with van der Waals surface area (Å²) in [5.41, 5.74) is 2.06. The van der Waals surface area contributed by atoms with E-state index in [-0.39, 0.29) is 24.0 Å². The Balaban J connectivity index is 0.00000141. The van der Waals surface area contributed by atoms with Crippen LogP contribution in [0, 0.1) is 0 Å². The van der Waals surface area contributed by atoms with Crippen molar-refractivity contribution in [2.75, 3.05) is 16.8 Å². The molecule has 0 fully saturated rings. The van der Waals surface area contributed by atoms with E-state index in [1.165, 1.54) is 37.4 Å². The quantitative estimate of drug-likeness (QED) is 0.245. The predicted molar refractivity (Wildman–Crippen MR) is 99.1 cm³/mol. The van der Waals surface area contributed by atoms with E-state index in [0.29, 0.717) is 0 Å². The van der Waals surface area contributed by atoms with Gasteiger partial charge in [-0.05, 0) is 17.4 Å². The molecular formula is C15H24I2N4S. The number of halogens is 2. The average Bonchev–Trinajstić information content (AvgIpc) is 2.97. The van der Waals surface area contributed by atoms with Crippen molar-refractivity contribution in [2.45, 2.75) is 32.6 Å². The summed E-state index contributed by atoms with van der Waals surface area (Å²) in [6, 6.07) is 4.10. The van der Waals surface area contributed by atoms with E-state index < -0.39 is 0 Å². The third-order valence-corrected chi connectivity index (χ3v) is 3.55. The fraction of sp³-hybridized carbons (Fsp3) is 0.533. The van der Waals surface area contributed by atoms with Gasteiger partial charge in [0.25, 0.3) is 0 Å². The monoisotopic (exact) mass is 546 g/mol. The van der Waals surface area contributed by atoms with E-state index >= 15 is 0 Å². The summed E-state index contributed by atoms with van der Waals surface area (Å²) in [6.07, 6.45) is 9.12. The van der Waals surface area contributed by atoms with Crippen LogP contribution in [0.5, 0.6) is 0 Å². The van der Waals surface area contributed by atoms with Crippen molar-refractivity contribution in [1.29, 1.82) is 0 Å². The van der Waals surface area contributed by atoms with E-state index in [0.717, 1.165) is 23.6 Å². The highest BCUT2D eigenvalue weighted by Crippen LogP contribution is 2.24. The molecule has 0 atom stereocenters. The van der Waals surface area contributed by atoms with Crippen LogP contribution in [0.4, 0.5) is 5.82 Å². The fourth-order valence-electron chi connectivity index (χ4n) is 1.98. The molecule has 0 bridgehead atoms. The number of hydrogen-bond donors (Lipinski definition) is 1. The second-order valence-electron chi connectivity index (χ2n) is 4.71. The van der Waals surface area contributed by atoms with Gasteiger partial charge in [0.2, 0.25) is 0 Å². The molecule has 124 valence electrons. The van der Waals surface area contributed by atoms with Crippen LogP contribution in [0.2, 0.25) is 0 Å². The smallest absolute Gasteiger partial charge is 0.178 e. The summed E-state index contributed by atoms with van der Waals surface area (Å²) >= 11 is 3.41. The van der Waals surface area contributed by atoms with Gasteiger partial charge in [-0.3, -0.25) is 0 Å². The van der Waals surface area contributed by atoms with Crippen molar-refractivity contribution in [3.05, 3.63) is 24.5 Å². The Bertz CT molecular complexity index is 520. The lowest BCUT2D eigenvalue weighted by Crippen LogP contribution is -3.00. The van der Waals surface area contributed by atoms with Gasteiger partial charge in [-0.1, -0.05) is 48.8 Å². The first-order valence-corrected chi connectivity index (χ1v) is 10.1. The Labute approximate surface area is 168 Å². The maximum Gasteiger partial charge on any atom is 0.178 e. The van der Waals surface area contributed by atoms with Gasteiger partial charge < -0.3 is 29.3 Å². The molecule has 0 aliphatic heterocycles. The van der Waals surface area contributed by atoms with Gasteiger partial charge in [-0.15, -0.1) is 0 Å².